The maximum absolute atomic E-state index is 5.81. The lowest BCUT2D eigenvalue weighted by atomic mass is 10.0. The Morgan fingerprint density at radius 2 is 2.28 bits per heavy atom. The van der Waals surface area contributed by atoms with Crippen LogP contribution in [0.25, 0.3) is 11.3 Å². The molecule has 1 aliphatic heterocycles. The highest BCUT2D eigenvalue weighted by molar-refractivity contribution is 9.10. The van der Waals surface area contributed by atoms with Crippen molar-refractivity contribution in [3.63, 3.8) is 0 Å². The molecule has 3 rings (SSSR count). The van der Waals surface area contributed by atoms with Crippen molar-refractivity contribution in [2.24, 2.45) is 7.05 Å². The fourth-order valence-electron chi connectivity index (χ4n) is 2.30. The lowest BCUT2D eigenvalue weighted by molar-refractivity contribution is 0.288. The van der Waals surface area contributed by atoms with Gasteiger partial charge in [0.25, 0.3) is 0 Å². The number of benzene rings is 1. The number of aryl methyl sites for hydroxylation is 1. The highest BCUT2D eigenvalue weighted by Gasteiger charge is 2.16. The number of rotatable bonds is 1. The first-order valence-electron chi connectivity index (χ1n) is 5.90. The van der Waals surface area contributed by atoms with Gasteiger partial charge in [-0.3, -0.25) is 0 Å². The first-order valence-corrected chi connectivity index (χ1v) is 6.70. The van der Waals surface area contributed by atoms with E-state index in [4.69, 9.17) is 10.5 Å². The van der Waals surface area contributed by atoms with Crippen LogP contribution in [0.5, 0.6) is 5.75 Å². The lowest BCUT2D eigenvalue weighted by Gasteiger charge is -2.18. The summed E-state index contributed by atoms with van der Waals surface area (Å²) in [4.78, 5) is 4.23. The van der Waals surface area contributed by atoms with Gasteiger partial charge in [-0.25, -0.2) is 4.98 Å². The molecule has 5 heteroatoms. The lowest BCUT2D eigenvalue weighted by Crippen LogP contribution is -2.08. The largest absolute Gasteiger partial charge is 0.493 e. The van der Waals surface area contributed by atoms with Crippen LogP contribution in [0.3, 0.4) is 0 Å². The summed E-state index contributed by atoms with van der Waals surface area (Å²) in [6, 6.07) is 6.24. The second-order valence-corrected chi connectivity index (χ2v) is 5.19. The smallest absolute Gasteiger partial charge is 0.201 e. The van der Waals surface area contributed by atoms with Gasteiger partial charge >= 0.3 is 0 Å². The van der Waals surface area contributed by atoms with E-state index in [1.165, 1.54) is 5.56 Å². The van der Waals surface area contributed by atoms with E-state index in [1.807, 2.05) is 23.7 Å². The molecule has 0 fully saturated rings. The van der Waals surface area contributed by atoms with Crippen LogP contribution in [0, 0.1) is 0 Å². The van der Waals surface area contributed by atoms with Crippen molar-refractivity contribution in [3.8, 4) is 17.0 Å². The summed E-state index contributed by atoms with van der Waals surface area (Å²) in [6.07, 6.45) is 2.14. The van der Waals surface area contributed by atoms with Gasteiger partial charge in [-0.2, -0.15) is 0 Å². The van der Waals surface area contributed by atoms with E-state index in [0.29, 0.717) is 5.95 Å². The Morgan fingerprint density at radius 1 is 1.44 bits per heavy atom. The Balaban J connectivity index is 2.12. The van der Waals surface area contributed by atoms with Gasteiger partial charge < -0.3 is 15.0 Å². The van der Waals surface area contributed by atoms with E-state index in [-0.39, 0.29) is 0 Å². The fourth-order valence-corrected chi connectivity index (χ4v) is 2.98. The number of aromatic nitrogens is 2. The minimum absolute atomic E-state index is 0.505. The number of hydrogen-bond acceptors (Lipinski definition) is 3. The molecule has 1 aliphatic rings. The minimum Gasteiger partial charge on any atom is -0.493 e. The van der Waals surface area contributed by atoms with Gasteiger partial charge in [-0.15, -0.1) is 0 Å². The number of nitrogens with two attached hydrogens (primary N) is 1. The predicted molar refractivity (Wildman–Crippen MR) is 74.6 cm³/mol. The standard InChI is InChI=1S/C13H14BrN3O/c1-17-11(12(14)16-13(17)15)9-4-5-10-8(7-9)3-2-6-18-10/h4-5,7H,2-3,6H2,1H3,(H2,15,16). The summed E-state index contributed by atoms with van der Waals surface area (Å²) in [5, 5.41) is 0. The molecule has 1 aromatic carbocycles. The van der Waals surface area contributed by atoms with E-state index < -0.39 is 0 Å². The number of imidazole rings is 1. The van der Waals surface area contributed by atoms with Gasteiger partial charge in [0.2, 0.25) is 5.95 Å². The summed E-state index contributed by atoms with van der Waals surface area (Å²) < 4.78 is 8.28. The van der Waals surface area contributed by atoms with Gasteiger partial charge in [-0.1, -0.05) is 0 Å². The zero-order valence-electron chi connectivity index (χ0n) is 10.1. The molecule has 2 heterocycles. The van der Waals surface area contributed by atoms with Crippen LogP contribution in [0.1, 0.15) is 12.0 Å². The van der Waals surface area contributed by atoms with E-state index in [1.54, 1.807) is 0 Å². The van der Waals surface area contributed by atoms with Crippen molar-refractivity contribution in [3.05, 3.63) is 28.4 Å². The first-order chi connectivity index (χ1) is 8.66. The molecule has 2 aromatic rings. The maximum atomic E-state index is 5.81. The molecule has 4 nitrogen and oxygen atoms in total. The van der Waals surface area contributed by atoms with E-state index in [9.17, 15) is 0 Å². The fraction of sp³-hybridized carbons (Fsp3) is 0.308. The molecule has 0 saturated carbocycles. The number of nitrogens with zero attached hydrogens (tertiary/aromatic N) is 2. The van der Waals surface area contributed by atoms with Crippen LogP contribution < -0.4 is 10.5 Å². The SMILES string of the molecule is Cn1c(N)nc(Br)c1-c1ccc2c(c1)CCCO2. The number of halogens is 1. The van der Waals surface area contributed by atoms with Gasteiger partial charge in [0.15, 0.2) is 0 Å². The van der Waals surface area contributed by atoms with Crippen LogP contribution in [0.15, 0.2) is 22.8 Å². The van der Waals surface area contributed by atoms with Crippen LogP contribution in [0.4, 0.5) is 5.95 Å². The third-order valence-electron chi connectivity index (χ3n) is 3.27. The summed E-state index contributed by atoms with van der Waals surface area (Å²) in [5.74, 6) is 1.50. The van der Waals surface area contributed by atoms with Crippen molar-refractivity contribution in [2.75, 3.05) is 12.3 Å². The monoisotopic (exact) mass is 307 g/mol. The molecular formula is C13H14BrN3O. The van der Waals surface area contributed by atoms with Crippen LogP contribution in [-0.2, 0) is 13.5 Å². The molecule has 18 heavy (non-hydrogen) atoms. The number of ether oxygens (including phenoxy) is 1. The molecule has 0 amide bonds. The molecule has 0 spiro atoms. The van der Waals surface area contributed by atoms with Crippen LogP contribution in [0.2, 0.25) is 0 Å². The molecule has 1 aromatic heterocycles. The summed E-state index contributed by atoms with van der Waals surface area (Å²) >= 11 is 3.46. The van der Waals surface area contributed by atoms with Crippen LogP contribution >= 0.6 is 15.9 Å². The zero-order valence-corrected chi connectivity index (χ0v) is 11.7. The average molecular weight is 308 g/mol. The normalized spacial score (nSPS) is 14.1. The van der Waals surface area contributed by atoms with Crippen molar-refractivity contribution >= 4 is 21.9 Å². The number of hydrogen-bond donors (Lipinski definition) is 1. The average Bonchev–Trinajstić information content (AvgIpc) is 2.63. The second kappa shape index (κ2) is 4.31. The Kier molecular flexibility index (Phi) is 2.78. The Labute approximate surface area is 114 Å². The Morgan fingerprint density at radius 3 is 3.00 bits per heavy atom. The molecular weight excluding hydrogens is 294 g/mol. The highest BCUT2D eigenvalue weighted by Crippen LogP contribution is 2.34. The minimum atomic E-state index is 0.505. The third-order valence-corrected chi connectivity index (χ3v) is 3.82. The van der Waals surface area contributed by atoms with E-state index >= 15 is 0 Å². The predicted octanol–water partition coefficient (Wildman–Crippen LogP) is 2.76. The van der Waals surface area contributed by atoms with Gasteiger partial charge in [0, 0.05) is 12.6 Å². The van der Waals surface area contributed by atoms with Gasteiger partial charge in [0.1, 0.15) is 10.4 Å². The summed E-state index contributed by atoms with van der Waals surface area (Å²) in [5.41, 5.74) is 9.18. The number of nitrogen functional groups attached to an aromatic ring is 1. The molecule has 0 bridgehead atoms. The van der Waals surface area contributed by atoms with Gasteiger partial charge in [-0.05, 0) is 52.5 Å². The molecule has 0 radical (unpaired) electrons. The molecule has 0 saturated heterocycles. The third kappa shape index (κ3) is 1.79. The first kappa shape index (κ1) is 11.6. The summed E-state index contributed by atoms with van der Waals surface area (Å²) in [7, 11) is 1.92. The quantitative estimate of drug-likeness (QED) is 0.881. The molecule has 0 aliphatic carbocycles. The number of fused-ring (bicyclic) bond motifs is 1. The topological polar surface area (TPSA) is 53.1 Å². The molecule has 94 valence electrons. The van der Waals surface area contributed by atoms with Crippen molar-refractivity contribution in [2.45, 2.75) is 12.8 Å². The summed E-state index contributed by atoms with van der Waals surface area (Å²) in [6.45, 7) is 0.814. The van der Waals surface area contributed by atoms with Gasteiger partial charge in [0.05, 0.1) is 12.3 Å². The Hall–Kier alpha value is -1.49. The zero-order chi connectivity index (χ0) is 12.7. The second-order valence-electron chi connectivity index (χ2n) is 4.44. The van der Waals surface area contributed by atoms with Crippen molar-refractivity contribution in [1.29, 1.82) is 0 Å². The van der Waals surface area contributed by atoms with E-state index in [2.05, 4.69) is 27.0 Å². The van der Waals surface area contributed by atoms with Crippen LogP contribution in [-0.4, -0.2) is 16.2 Å². The van der Waals surface area contributed by atoms with E-state index in [0.717, 1.165) is 41.1 Å². The molecule has 2 N–H and O–H groups in total. The maximum Gasteiger partial charge on any atom is 0.201 e. The molecule has 0 atom stereocenters. The highest BCUT2D eigenvalue weighted by atomic mass is 79.9. The van der Waals surface area contributed by atoms with Crippen molar-refractivity contribution in [1.82, 2.24) is 9.55 Å². The molecule has 0 unspecified atom stereocenters. The van der Waals surface area contributed by atoms with Crippen molar-refractivity contribution < 1.29 is 4.74 Å². The number of anilines is 1. The Bertz CT molecular complexity index is 607.